The standard InChI is InChI=1S/C27H25ClN4O2/c1-3-13-31-21-8-5-4-7-18(21)27(26(31)34)19(15-29)25(30)32(17-12-11-16(2)20(28)14-17)22-9-6-10-23(33)24(22)27/h4-5,7-8,11-12,14H,3,6,9-10,13,30H2,1-2H3. The number of allylic oxidation sites excluding steroid dienone is 1. The van der Waals surface area contributed by atoms with E-state index in [0.29, 0.717) is 53.4 Å². The molecular formula is C27H25ClN4O2. The van der Waals surface area contributed by atoms with Crippen LogP contribution in [0.4, 0.5) is 11.4 Å². The number of fused-ring (bicyclic) bond motifs is 3. The van der Waals surface area contributed by atoms with Crippen molar-refractivity contribution in [3.63, 3.8) is 0 Å². The molecule has 7 heteroatoms. The summed E-state index contributed by atoms with van der Waals surface area (Å²) in [5.41, 5.74) is 9.29. The maximum absolute atomic E-state index is 14.2. The average Bonchev–Trinajstić information content (AvgIpc) is 3.06. The number of para-hydroxylation sites is 1. The molecule has 0 radical (unpaired) electrons. The smallest absolute Gasteiger partial charge is 0.247 e. The number of rotatable bonds is 3. The number of ketones is 1. The van der Waals surface area contributed by atoms with Gasteiger partial charge < -0.3 is 10.6 Å². The van der Waals surface area contributed by atoms with E-state index in [-0.39, 0.29) is 23.1 Å². The van der Waals surface area contributed by atoms with Crippen molar-refractivity contribution in [2.24, 2.45) is 5.73 Å². The van der Waals surface area contributed by atoms with E-state index >= 15 is 0 Å². The molecule has 1 amide bonds. The number of nitriles is 1. The Morgan fingerprint density at radius 3 is 2.65 bits per heavy atom. The van der Waals surface area contributed by atoms with Crippen LogP contribution < -0.4 is 15.5 Å². The third-order valence-electron chi connectivity index (χ3n) is 7.04. The largest absolute Gasteiger partial charge is 0.384 e. The lowest BCUT2D eigenvalue weighted by molar-refractivity contribution is -0.124. The van der Waals surface area contributed by atoms with Crippen molar-refractivity contribution in [3.8, 4) is 6.07 Å². The molecule has 5 rings (SSSR count). The summed E-state index contributed by atoms with van der Waals surface area (Å²) in [4.78, 5) is 31.3. The predicted octanol–water partition coefficient (Wildman–Crippen LogP) is 4.86. The molecule has 0 saturated carbocycles. The van der Waals surface area contributed by atoms with Gasteiger partial charge in [0.25, 0.3) is 0 Å². The Morgan fingerprint density at radius 2 is 1.94 bits per heavy atom. The molecular weight excluding hydrogens is 448 g/mol. The minimum atomic E-state index is -1.53. The number of benzene rings is 2. The number of hydrogen-bond donors (Lipinski definition) is 1. The number of carbonyl (C=O) groups is 2. The summed E-state index contributed by atoms with van der Waals surface area (Å²) in [6.45, 7) is 4.39. The van der Waals surface area contributed by atoms with Crippen LogP contribution in [0.3, 0.4) is 0 Å². The normalized spacial score (nSPS) is 21.8. The van der Waals surface area contributed by atoms with Gasteiger partial charge in [-0.3, -0.25) is 14.5 Å². The van der Waals surface area contributed by atoms with E-state index < -0.39 is 5.41 Å². The molecule has 2 N–H and O–H groups in total. The van der Waals surface area contributed by atoms with Crippen LogP contribution in [-0.2, 0) is 15.0 Å². The molecule has 172 valence electrons. The molecule has 2 aliphatic heterocycles. The number of carbonyl (C=O) groups excluding carboxylic acids is 2. The van der Waals surface area contributed by atoms with Gasteiger partial charge >= 0.3 is 0 Å². The van der Waals surface area contributed by atoms with E-state index in [2.05, 4.69) is 6.07 Å². The van der Waals surface area contributed by atoms with E-state index in [1.807, 2.05) is 50.2 Å². The molecule has 0 saturated heterocycles. The van der Waals surface area contributed by atoms with Crippen molar-refractivity contribution in [1.82, 2.24) is 0 Å². The van der Waals surface area contributed by atoms with Gasteiger partial charge in [-0.25, -0.2) is 0 Å². The van der Waals surface area contributed by atoms with Crippen molar-refractivity contribution >= 4 is 34.7 Å². The zero-order valence-electron chi connectivity index (χ0n) is 19.2. The molecule has 34 heavy (non-hydrogen) atoms. The second-order valence-corrected chi connectivity index (χ2v) is 9.37. The number of amides is 1. The lowest BCUT2D eigenvalue weighted by Crippen LogP contribution is -2.52. The molecule has 0 bridgehead atoms. The van der Waals surface area contributed by atoms with Crippen LogP contribution in [0.5, 0.6) is 0 Å². The first-order valence-electron chi connectivity index (χ1n) is 11.5. The van der Waals surface area contributed by atoms with Crippen molar-refractivity contribution < 1.29 is 9.59 Å². The fourth-order valence-electron chi connectivity index (χ4n) is 5.59. The Balaban J connectivity index is 1.87. The highest BCUT2D eigenvalue weighted by Gasteiger charge is 2.62. The van der Waals surface area contributed by atoms with Gasteiger partial charge in [-0.15, -0.1) is 0 Å². The van der Waals surface area contributed by atoms with Gasteiger partial charge in [0.15, 0.2) is 5.78 Å². The summed E-state index contributed by atoms with van der Waals surface area (Å²) in [7, 11) is 0. The zero-order chi connectivity index (χ0) is 24.2. The number of nitrogens with two attached hydrogens (primary N) is 1. The predicted molar refractivity (Wildman–Crippen MR) is 132 cm³/mol. The van der Waals surface area contributed by atoms with E-state index in [0.717, 1.165) is 17.7 Å². The fraction of sp³-hybridized carbons (Fsp3) is 0.296. The molecule has 1 aliphatic carbocycles. The summed E-state index contributed by atoms with van der Waals surface area (Å²) in [5, 5.41) is 11.0. The Bertz CT molecular complexity index is 1350. The molecule has 2 aromatic carbocycles. The van der Waals surface area contributed by atoms with Gasteiger partial charge in [-0.2, -0.15) is 5.26 Å². The molecule has 3 aliphatic rings. The molecule has 1 spiro atoms. The second-order valence-electron chi connectivity index (χ2n) is 8.96. The molecule has 2 aromatic rings. The maximum atomic E-state index is 14.2. The Morgan fingerprint density at radius 1 is 1.18 bits per heavy atom. The molecule has 0 aromatic heterocycles. The summed E-state index contributed by atoms with van der Waals surface area (Å²) >= 11 is 6.43. The topological polar surface area (TPSA) is 90.4 Å². The lowest BCUT2D eigenvalue weighted by atomic mass is 9.64. The first kappa shape index (κ1) is 22.2. The Labute approximate surface area is 203 Å². The monoisotopic (exact) mass is 472 g/mol. The number of nitrogens with zero attached hydrogens (tertiary/aromatic N) is 3. The second kappa shape index (κ2) is 8.03. The molecule has 1 atom stereocenters. The van der Waals surface area contributed by atoms with Crippen LogP contribution in [0.1, 0.15) is 43.7 Å². The van der Waals surface area contributed by atoms with Crippen LogP contribution >= 0.6 is 11.6 Å². The van der Waals surface area contributed by atoms with Crippen molar-refractivity contribution in [2.45, 2.75) is 44.9 Å². The van der Waals surface area contributed by atoms with Gasteiger partial charge in [0.05, 0.1) is 5.57 Å². The number of anilines is 2. The number of halogens is 1. The Kier molecular flexibility index (Phi) is 5.26. The summed E-state index contributed by atoms with van der Waals surface area (Å²) in [6, 6.07) is 15.2. The van der Waals surface area contributed by atoms with E-state index in [9.17, 15) is 14.9 Å². The Hall–Kier alpha value is -3.56. The first-order valence-corrected chi connectivity index (χ1v) is 11.9. The van der Waals surface area contributed by atoms with Crippen molar-refractivity contribution in [1.29, 1.82) is 5.26 Å². The van der Waals surface area contributed by atoms with Crippen LogP contribution in [0.25, 0.3) is 0 Å². The average molecular weight is 473 g/mol. The van der Waals surface area contributed by atoms with Gasteiger partial charge in [0.1, 0.15) is 17.3 Å². The minimum Gasteiger partial charge on any atom is -0.384 e. The van der Waals surface area contributed by atoms with Crippen LogP contribution in [0, 0.1) is 18.3 Å². The van der Waals surface area contributed by atoms with Crippen LogP contribution in [0.2, 0.25) is 5.02 Å². The molecule has 6 nitrogen and oxygen atoms in total. The highest BCUT2D eigenvalue weighted by atomic mass is 35.5. The number of hydrogen-bond acceptors (Lipinski definition) is 5. The number of aryl methyl sites for hydroxylation is 1. The lowest BCUT2D eigenvalue weighted by Gasteiger charge is -2.44. The van der Waals surface area contributed by atoms with Gasteiger partial charge in [-0.1, -0.05) is 42.8 Å². The van der Waals surface area contributed by atoms with Crippen LogP contribution in [0.15, 0.2) is 65.1 Å². The molecule has 0 fully saturated rings. The molecule has 2 heterocycles. The van der Waals surface area contributed by atoms with E-state index in [1.54, 1.807) is 15.9 Å². The quantitative estimate of drug-likeness (QED) is 0.688. The zero-order valence-corrected chi connectivity index (χ0v) is 19.9. The van der Waals surface area contributed by atoms with Gasteiger partial charge in [0, 0.05) is 46.2 Å². The van der Waals surface area contributed by atoms with E-state index in [1.165, 1.54) is 0 Å². The third-order valence-corrected chi connectivity index (χ3v) is 7.45. The minimum absolute atomic E-state index is 0.0919. The molecule has 1 unspecified atom stereocenters. The van der Waals surface area contributed by atoms with Gasteiger partial charge in [0.2, 0.25) is 5.91 Å². The fourth-order valence-corrected chi connectivity index (χ4v) is 5.76. The summed E-state index contributed by atoms with van der Waals surface area (Å²) in [5.74, 6) is -0.233. The van der Waals surface area contributed by atoms with Crippen molar-refractivity contribution in [3.05, 3.63) is 81.3 Å². The highest BCUT2D eigenvalue weighted by Crippen LogP contribution is 2.56. The van der Waals surface area contributed by atoms with Crippen molar-refractivity contribution in [2.75, 3.05) is 16.3 Å². The summed E-state index contributed by atoms with van der Waals surface area (Å²) < 4.78 is 0. The van der Waals surface area contributed by atoms with Crippen LogP contribution in [-0.4, -0.2) is 18.2 Å². The van der Waals surface area contributed by atoms with E-state index in [4.69, 9.17) is 17.3 Å². The number of Topliss-reactive ketones (excluding diaryl/α,β-unsaturated/α-hetero) is 1. The first-order chi connectivity index (χ1) is 16.4. The third kappa shape index (κ3) is 2.80. The van der Waals surface area contributed by atoms with Gasteiger partial charge in [-0.05, 0) is 49.9 Å². The SMILES string of the molecule is CCCN1C(=O)C2(C(C#N)=C(N)N(c3ccc(C)c(Cl)c3)C3=C2C(=O)CCC3)c2ccccc21. The maximum Gasteiger partial charge on any atom is 0.247 e. The summed E-state index contributed by atoms with van der Waals surface area (Å²) in [6.07, 6.45) is 2.28. The highest BCUT2D eigenvalue weighted by molar-refractivity contribution is 6.31.